The Balaban J connectivity index is 1.57. The van der Waals surface area contributed by atoms with Crippen molar-refractivity contribution in [1.82, 2.24) is 4.57 Å². The van der Waals surface area contributed by atoms with Gasteiger partial charge in [-0.3, -0.25) is 9.36 Å². The van der Waals surface area contributed by atoms with Gasteiger partial charge < -0.3 is 14.2 Å². The Kier molecular flexibility index (Phi) is 10.6. The van der Waals surface area contributed by atoms with Gasteiger partial charge in [0.2, 0.25) is 0 Å². The number of benzene rings is 3. The Bertz CT molecular complexity index is 1980. The van der Waals surface area contributed by atoms with Gasteiger partial charge in [0.05, 0.1) is 47.5 Å². The molecule has 7 nitrogen and oxygen atoms in total. The van der Waals surface area contributed by atoms with Crippen molar-refractivity contribution in [3.63, 3.8) is 0 Å². The van der Waals surface area contributed by atoms with Crippen molar-refractivity contribution in [3.05, 3.63) is 121 Å². The summed E-state index contributed by atoms with van der Waals surface area (Å²) < 4.78 is 21.0. The minimum absolute atomic E-state index is 0.119. The first-order chi connectivity index (χ1) is 21.5. The quantitative estimate of drug-likeness (QED) is 0.161. The van der Waals surface area contributed by atoms with Gasteiger partial charge in [0, 0.05) is 5.56 Å². The SMILES string of the molecule is CCOC(=O)C1=C(C)N=c2s/c(=C/c3cc(Br)c(OCc4ccc(Cl)c(Cl)c4)c(Br)c3)c(=O)n2[C@H]1c1ccccc1OC(C)C. The summed E-state index contributed by atoms with van der Waals surface area (Å²) in [5, 5.41) is 0.930. The predicted octanol–water partition coefficient (Wildman–Crippen LogP) is 8.00. The third-order valence-electron chi connectivity index (χ3n) is 6.78. The van der Waals surface area contributed by atoms with E-state index in [1.165, 1.54) is 11.3 Å². The van der Waals surface area contributed by atoms with E-state index in [4.69, 9.17) is 37.4 Å². The van der Waals surface area contributed by atoms with E-state index in [0.717, 1.165) is 11.1 Å². The average molecular weight is 795 g/mol. The van der Waals surface area contributed by atoms with Gasteiger partial charge in [-0.2, -0.15) is 0 Å². The molecule has 2 heterocycles. The van der Waals surface area contributed by atoms with Crippen LogP contribution in [0.25, 0.3) is 6.08 Å². The number of nitrogens with zero attached hydrogens (tertiary/aromatic N) is 2. The number of halogens is 4. The zero-order valence-electron chi connectivity index (χ0n) is 24.7. The molecule has 5 rings (SSSR count). The number of ether oxygens (including phenoxy) is 3. The molecule has 0 bridgehead atoms. The number of carbonyl (C=O) groups excluding carboxylic acids is 1. The molecule has 0 saturated carbocycles. The van der Waals surface area contributed by atoms with Crippen LogP contribution in [-0.2, 0) is 16.1 Å². The monoisotopic (exact) mass is 792 g/mol. The van der Waals surface area contributed by atoms with Crippen LogP contribution in [0.15, 0.2) is 84.6 Å². The zero-order chi connectivity index (χ0) is 32.4. The highest BCUT2D eigenvalue weighted by atomic mass is 79.9. The fraction of sp³-hybridized carbons (Fsp3) is 0.242. The second kappa shape index (κ2) is 14.3. The van der Waals surface area contributed by atoms with Gasteiger partial charge in [-0.15, -0.1) is 0 Å². The van der Waals surface area contributed by atoms with Crippen LogP contribution < -0.4 is 24.4 Å². The average Bonchev–Trinajstić information content (AvgIpc) is 3.27. The van der Waals surface area contributed by atoms with Gasteiger partial charge in [0.1, 0.15) is 24.1 Å². The largest absolute Gasteiger partial charge is 0.491 e. The van der Waals surface area contributed by atoms with E-state index < -0.39 is 12.0 Å². The van der Waals surface area contributed by atoms with E-state index >= 15 is 0 Å². The smallest absolute Gasteiger partial charge is 0.338 e. The number of rotatable bonds is 9. The summed E-state index contributed by atoms with van der Waals surface area (Å²) in [5.41, 5.74) is 2.78. The van der Waals surface area contributed by atoms with Gasteiger partial charge in [-0.1, -0.05) is 58.8 Å². The summed E-state index contributed by atoms with van der Waals surface area (Å²) in [5.74, 6) is 0.644. The fourth-order valence-electron chi connectivity index (χ4n) is 4.89. The van der Waals surface area contributed by atoms with Crippen LogP contribution in [-0.4, -0.2) is 23.2 Å². The molecule has 0 amide bonds. The molecular formula is C33H28Br2Cl2N2O5S. The van der Waals surface area contributed by atoms with Crippen LogP contribution in [0, 0.1) is 0 Å². The minimum Gasteiger partial charge on any atom is -0.491 e. The summed E-state index contributed by atoms with van der Waals surface area (Å²) in [7, 11) is 0. The first-order valence-corrected chi connectivity index (χ1v) is 17.1. The second-order valence-corrected chi connectivity index (χ2v) is 13.9. The van der Waals surface area contributed by atoms with E-state index in [9.17, 15) is 9.59 Å². The highest BCUT2D eigenvalue weighted by molar-refractivity contribution is 9.11. The Hall–Kier alpha value is -2.89. The highest BCUT2D eigenvalue weighted by Gasteiger charge is 2.35. The normalized spacial score (nSPS) is 14.8. The maximum absolute atomic E-state index is 14.1. The summed E-state index contributed by atoms with van der Waals surface area (Å²) in [4.78, 5) is 32.6. The lowest BCUT2D eigenvalue weighted by atomic mass is 9.95. The number of hydrogen-bond donors (Lipinski definition) is 0. The van der Waals surface area contributed by atoms with E-state index in [0.29, 0.717) is 56.7 Å². The molecule has 4 aromatic rings. The molecule has 0 saturated heterocycles. The van der Waals surface area contributed by atoms with E-state index in [-0.39, 0.29) is 24.9 Å². The Morgan fingerprint density at radius 3 is 2.47 bits per heavy atom. The number of allylic oxidation sites excluding steroid dienone is 1. The molecule has 12 heteroatoms. The van der Waals surface area contributed by atoms with Crippen molar-refractivity contribution in [1.29, 1.82) is 0 Å². The first kappa shape index (κ1) is 33.5. The van der Waals surface area contributed by atoms with Crippen LogP contribution in [0.5, 0.6) is 11.5 Å². The van der Waals surface area contributed by atoms with Crippen molar-refractivity contribution in [2.45, 2.75) is 46.4 Å². The van der Waals surface area contributed by atoms with Crippen LogP contribution in [0.1, 0.15) is 50.4 Å². The molecule has 0 N–H and O–H groups in total. The summed E-state index contributed by atoms with van der Waals surface area (Å²) in [6, 6.07) is 15.7. The number of hydrogen-bond acceptors (Lipinski definition) is 7. The molecule has 234 valence electrons. The summed E-state index contributed by atoms with van der Waals surface area (Å²) >= 11 is 20.6. The fourth-order valence-corrected chi connectivity index (χ4v) is 7.71. The number of carbonyl (C=O) groups is 1. The van der Waals surface area contributed by atoms with Gasteiger partial charge in [-0.05, 0) is 107 Å². The van der Waals surface area contributed by atoms with E-state index in [1.807, 2.05) is 56.3 Å². The van der Waals surface area contributed by atoms with Crippen LogP contribution in [0.4, 0.5) is 0 Å². The van der Waals surface area contributed by atoms with Gasteiger partial charge in [0.25, 0.3) is 5.56 Å². The summed E-state index contributed by atoms with van der Waals surface area (Å²) in [6.45, 7) is 7.82. The Morgan fingerprint density at radius 2 is 1.80 bits per heavy atom. The summed E-state index contributed by atoms with van der Waals surface area (Å²) in [6.07, 6.45) is 1.67. The topological polar surface area (TPSA) is 79.1 Å². The van der Waals surface area contributed by atoms with E-state index in [2.05, 4.69) is 36.9 Å². The predicted molar refractivity (Wildman–Crippen MR) is 185 cm³/mol. The number of aromatic nitrogens is 1. The first-order valence-electron chi connectivity index (χ1n) is 14.0. The molecule has 1 aliphatic heterocycles. The van der Waals surface area contributed by atoms with Crippen molar-refractivity contribution in [3.8, 4) is 11.5 Å². The molecule has 1 aromatic heterocycles. The van der Waals surface area contributed by atoms with Gasteiger partial charge >= 0.3 is 5.97 Å². The van der Waals surface area contributed by atoms with Crippen molar-refractivity contribution in [2.24, 2.45) is 4.99 Å². The molecule has 0 fully saturated rings. The molecule has 0 radical (unpaired) electrons. The highest BCUT2D eigenvalue weighted by Crippen LogP contribution is 2.37. The lowest BCUT2D eigenvalue weighted by molar-refractivity contribution is -0.139. The number of thiazole rings is 1. The standard InChI is InChI=1S/C33H28Br2Cl2N2O5S/c1-5-42-32(41)28-18(4)38-33-39(29(28)21-8-6-7-9-26(21)44-17(2)3)31(40)27(45-33)15-20-12-22(34)30(23(35)13-20)43-16-19-10-11-24(36)25(37)14-19/h6-15,17,29H,5,16H2,1-4H3/b27-15+/t29-/m0/s1. The molecule has 1 atom stereocenters. The molecule has 1 aliphatic rings. The molecular weight excluding hydrogens is 767 g/mol. The zero-order valence-corrected chi connectivity index (χ0v) is 30.2. The minimum atomic E-state index is -0.784. The van der Waals surface area contributed by atoms with Crippen LogP contribution in [0.2, 0.25) is 10.0 Å². The maximum atomic E-state index is 14.1. The molecule has 0 unspecified atom stereocenters. The third kappa shape index (κ3) is 7.25. The Morgan fingerprint density at radius 1 is 1.09 bits per heavy atom. The Labute approximate surface area is 291 Å². The van der Waals surface area contributed by atoms with Crippen molar-refractivity contribution >= 4 is 78.4 Å². The van der Waals surface area contributed by atoms with Gasteiger partial charge in [-0.25, -0.2) is 9.79 Å². The van der Waals surface area contributed by atoms with E-state index in [1.54, 1.807) is 36.6 Å². The van der Waals surface area contributed by atoms with Crippen LogP contribution >= 0.6 is 66.4 Å². The van der Waals surface area contributed by atoms with Gasteiger partial charge in [0.15, 0.2) is 4.80 Å². The molecule has 0 aliphatic carbocycles. The number of esters is 1. The van der Waals surface area contributed by atoms with Crippen molar-refractivity contribution in [2.75, 3.05) is 6.61 Å². The van der Waals surface area contributed by atoms with Crippen molar-refractivity contribution < 1.29 is 19.0 Å². The molecule has 0 spiro atoms. The lowest BCUT2D eigenvalue weighted by Crippen LogP contribution is -2.40. The number of para-hydroxylation sites is 1. The second-order valence-electron chi connectivity index (χ2n) is 10.4. The maximum Gasteiger partial charge on any atom is 0.338 e. The third-order valence-corrected chi connectivity index (χ3v) is 9.68. The number of fused-ring (bicyclic) bond motifs is 1. The van der Waals surface area contributed by atoms with Crippen LogP contribution in [0.3, 0.4) is 0 Å². The molecule has 45 heavy (non-hydrogen) atoms. The lowest BCUT2D eigenvalue weighted by Gasteiger charge is -2.26. The molecule has 3 aromatic carbocycles.